The number of anilines is 3. The van der Waals surface area contributed by atoms with Crippen LogP contribution >= 0.6 is 11.3 Å². The molecule has 0 radical (unpaired) electrons. The number of rotatable bonds is 6. The number of carbonyl (C=O) groups is 2. The first-order valence-corrected chi connectivity index (χ1v) is 13.9. The zero-order valence-corrected chi connectivity index (χ0v) is 21.6. The summed E-state index contributed by atoms with van der Waals surface area (Å²) < 4.78 is 38.4. The van der Waals surface area contributed by atoms with E-state index >= 15 is 0 Å². The topological polar surface area (TPSA) is 120 Å². The first-order chi connectivity index (χ1) is 17.0. The van der Waals surface area contributed by atoms with Crippen LogP contribution in [0.25, 0.3) is 0 Å². The van der Waals surface area contributed by atoms with Crippen molar-refractivity contribution in [3.8, 4) is 0 Å². The van der Waals surface area contributed by atoms with E-state index in [4.69, 9.17) is 0 Å². The molecule has 190 valence electrons. The highest BCUT2D eigenvalue weighted by Crippen LogP contribution is 2.34. The highest BCUT2D eigenvalue weighted by Gasteiger charge is 2.26. The highest BCUT2D eigenvalue weighted by molar-refractivity contribution is 7.90. The summed E-state index contributed by atoms with van der Waals surface area (Å²) in [6, 6.07) is 9.73. The van der Waals surface area contributed by atoms with Crippen LogP contribution in [0.3, 0.4) is 0 Å². The number of sulfone groups is 1. The number of hydrogen-bond acceptors (Lipinski definition) is 7. The summed E-state index contributed by atoms with van der Waals surface area (Å²) in [5.74, 6) is -0.814. The molecule has 0 saturated carbocycles. The summed E-state index contributed by atoms with van der Waals surface area (Å²) in [6.45, 7) is 4.48. The van der Waals surface area contributed by atoms with E-state index in [-0.39, 0.29) is 16.8 Å². The van der Waals surface area contributed by atoms with Crippen LogP contribution < -0.4 is 20.9 Å². The standard InChI is InChI=1S/C24H26FN5O4S2/c1-14(2)26-22(31)16-6-4-5-7-17(16)27-23(32)29-24-28-18-10-11-30(13-20(18)35-24)19-12-15(25)8-9-21(19)36(3,33)34/h4-9,12,14H,10-11,13H2,1-3H3,(H,26,31)(H2,27,28,29,32). The fourth-order valence-electron chi connectivity index (χ4n) is 3.89. The van der Waals surface area contributed by atoms with Gasteiger partial charge in [-0.3, -0.25) is 10.1 Å². The molecule has 3 amide bonds. The fourth-order valence-corrected chi connectivity index (χ4v) is 5.79. The molecule has 12 heteroatoms. The van der Waals surface area contributed by atoms with Gasteiger partial charge in [0.15, 0.2) is 15.0 Å². The van der Waals surface area contributed by atoms with Crippen molar-refractivity contribution in [3.05, 3.63) is 64.4 Å². The number of amides is 3. The maximum Gasteiger partial charge on any atom is 0.325 e. The number of thiazole rings is 1. The number of nitrogens with one attached hydrogen (secondary N) is 3. The number of para-hydroxylation sites is 1. The monoisotopic (exact) mass is 531 g/mol. The van der Waals surface area contributed by atoms with Crippen molar-refractivity contribution >= 4 is 49.6 Å². The van der Waals surface area contributed by atoms with Gasteiger partial charge in [-0.2, -0.15) is 0 Å². The van der Waals surface area contributed by atoms with Crippen LogP contribution in [0.1, 0.15) is 34.8 Å². The Kier molecular flexibility index (Phi) is 7.27. The molecule has 0 saturated heterocycles. The molecule has 2 aromatic carbocycles. The van der Waals surface area contributed by atoms with Crippen LogP contribution in [0, 0.1) is 5.82 Å². The molecular formula is C24H26FN5O4S2. The van der Waals surface area contributed by atoms with Gasteiger partial charge in [-0.25, -0.2) is 22.6 Å². The summed E-state index contributed by atoms with van der Waals surface area (Å²) in [6.07, 6.45) is 1.60. The van der Waals surface area contributed by atoms with Gasteiger partial charge in [-0.05, 0) is 44.2 Å². The normalized spacial score (nSPS) is 13.3. The van der Waals surface area contributed by atoms with Crippen molar-refractivity contribution in [3.63, 3.8) is 0 Å². The Morgan fingerprint density at radius 3 is 2.61 bits per heavy atom. The molecule has 0 fully saturated rings. The molecule has 0 atom stereocenters. The summed E-state index contributed by atoms with van der Waals surface area (Å²) in [4.78, 5) is 32.3. The molecule has 0 spiro atoms. The van der Waals surface area contributed by atoms with Gasteiger partial charge in [0.2, 0.25) is 0 Å². The van der Waals surface area contributed by atoms with Crippen molar-refractivity contribution in [2.24, 2.45) is 0 Å². The Balaban J connectivity index is 1.48. The zero-order valence-electron chi connectivity index (χ0n) is 20.0. The predicted molar refractivity (Wildman–Crippen MR) is 138 cm³/mol. The van der Waals surface area contributed by atoms with Gasteiger partial charge in [0.25, 0.3) is 5.91 Å². The Morgan fingerprint density at radius 2 is 1.89 bits per heavy atom. The van der Waals surface area contributed by atoms with Gasteiger partial charge in [-0.15, -0.1) is 0 Å². The first kappa shape index (κ1) is 25.6. The van der Waals surface area contributed by atoms with Crippen molar-refractivity contribution < 1.29 is 22.4 Å². The average Bonchev–Trinajstić information content (AvgIpc) is 3.19. The smallest absolute Gasteiger partial charge is 0.325 e. The van der Waals surface area contributed by atoms with Gasteiger partial charge in [0.1, 0.15) is 5.82 Å². The second-order valence-electron chi connectivity index (χ2n) is 8.70. The largest absolute Gasteiger partial charge is 0.365 e. The quantitative estimate of drug-likeness (QED) is 0.413. The number of benzene rings is 2. The predicted octanol–water partition coefficient (Wildman–Crippen LogP) is 4.03. The number of urea groups is 1. The summed E-state index contributed by atoms with van der Waals surface area (Å²) in [5, 5.41) is 8.57. The molecule has 3 aromatic rings. The Bertz CT molecular complexity index is 1420. The molecular weight excluding hydrogens is 505 g/mol. The number of aromatic nitrogens is 1. The number of nitrogens with zero attached hydrogens (tertiary/aromatic N) is 2. The lowest BCUT2D eigenvalue weighted by atomic mass is 10.1. The van der Waals surface area contributed by atoms with Gasteiger partial charge < -0.3 is 15.5 Å². The molecule has 4 rings (SSSR count). The van der Waals surface area contributed by atoms with Crippen LogP contribution in [-0.2, 0) is 22.8 Å². The lowest BCUT2D eigenvalue weighted by Crippen LogP contribution is -2.31. The molecule has 2 heterocycles. The summed E-state index contributed by atoms with van der Waals surface area (Å²) in [5.41, 5.74) is 1.80. The van der Waals surface area contributed by atoms with E-state index in [1.807, 2.05) is 13.8 Å². The van der Waals surface area contributed by atoms with Crippen LogP contribution in [-0.4, -0.2) is 44.2 Å². The fraction of sp³-hybridized carbons (Fsp3) is 0.292. The van der Waals surface area contributed by atoms with E-state index in [9.17, 15) is 22.4 Å². The first-order valence-electron chi connectivity index (χ1n) is 11.2. The summed E-state index contributed by atoms with van der Waals surface area (Å²) in [7, 11) is -3.55. The molecule has 0 aliphatic carbocycles. The second-order valence-corrected chi connectivity index (χ2v) is 11.8. The Morgan fingerprint density at radius 1 is 1.14 bits per heavy atom. The molecule has 9 nitrogen and oxygen atoms in total. The molecule has 1 aliphatic heterocycles. The van der Waals surface area contributed by atoms with Crippen LogP contribution in [0.2, 0.25) is 0 Å². The maximum atomic E-state index is 13.9. The third kappa shape index (κ3) is 5.82. The van der Waals surface area contributed by atoms with Gasteiger partial charge in [-0.1, -0.05) is 23.5 Å². The van der Waals surface area contributed by atoms with Gasteiger partial charge in [0, 0.05) is 30.1 Å². The van der Waals surface area contributed by atoms with E-state index in [0.29, 0.717) is 41.6 Å². The van der Waals surface area contributed by atoms with E-state index in [0.717, 1.165) is 22.9 Å². The minimum absolute atomic E-state index is 0.0542. The lowest BCUT2D eigenvalue weighted by Gasteiger charge is -2.29. The summed E-state index contributed by atoms with van der Waals surface area (Å²) >= 11 is 1.26. The highest BCUT2D eigenvalue weighted by atomic mass is 32.2. The zero-order chi connectivity index (χ0) is 26.0. The maximum absolute atomic E-state index is 13.9. The molecule has 3 N–H and O–H groups in total. The Hall–Kier alpha value is -3.51. The third-order valence-corrected chi connectivity index (χ3v) is 7.59. The minimum atomic E-state index is -3.55. The lowest BCUT2D eigenvalue weighted by molar-refractivity contribution is 0.0944. The third-order valence-electron chi connectivity index (χ3n) is 5.45. The van der Waals surface area contributed by atoms with E-state index < -0.39 is 21.7 Å². The van der Waals surface area contributed by atoms with E-state index in [2.05, 4.69) is 20.9 Å². The van der Waals surface area contributed by atoms with Crippen LogP contribution in [0.15, 0.2) is 47.4 Å². The second kappa shape index (κ2) is 10.2. The molecule has 0 bridgehead atoms. The van der Waals surface area contributed by atoms with Gasteiger partial charge in [0.05, 0.1) is 34.1 Å². The van der Waals surface area contributed by atoms with E-state index in [1.54, 1.807) is 29.2 Å². The molecule has 36 heavy (non-hydrogen) atoms. The number of hydrogen-bond donors (Lipinski definition) is 3. The molecule has 0 unspecified atom stereocenters. The van der Waals surface area contributed by atoms with Crippen LogP contribution in [0.5, 0.6) is 0 Å². The SMILES string of the molecule is CC(C)NC(=O)c1ccccc1NC(=O)Nc1nc2c(s1)CN(c1cc(F)ccc1S(C)(=O)=O)CC2. The average molecular weight is 532 g/mol. The number of halogens is 1. The minimum Gasteiger partial charge on any atom is -0.365 e. The van der Waals surface area contributed by atoms with Crippen molar-refractivity contribution in [1.29, 1.82) is 0 Å². The number of fused-ring (bicyclic) bond motifs is 1. The molecule has 1 aliphatic rings. The molecule has 1 aromatic heterocycles. The van der Waals surface area contributed by atoms with Gasteiger partial charge >= 0.3 is 6.03 Å². The van der Waals surface area contributed by atoms with E-state index in [1.165, 1.54) is 23.5 Å². The van der Waals surface area contributed by atoms with Crippen molar-refractivity contribution in [2.75, 3.05) is 28.3 Å². The van der Waals surface area contributed by atoms with Crippen LogP contribution in [0.4, 0.5) is 25.7 Å². The van der Waals surface area contributed by atoms with Crippen molar-refractivity contribution in [2.45, 2.75) is 37.8 Å². The Labute approximate surface area is 212 Å². The van der Waals surface area contributed by atoms with Crippen molar-refractivity contribution in [1.82, 2.24) is 10.3 Å². The number of carbonyl (C=O) groups excluding carboxylic acids is 2.